The summed E-state index contributed by atoms with van der Waals surface area (Å²) in [5, 5.41) is 11.2. The first-order valence-electron chi connectivity index (χ1n) is 6.44. The molecule has 1 N–H and O–H groups in total. The van der Waals surface area contributed by atoms with Gasteiger partial charge in [0.2, 0.25) is 15.0 Å². The van der Waals surface area contributed by atoms with Crippen molar-refractivity contribution >= 4 is 50.2 Å². The Kier molecular flexibility index (Phi) is 5.71. The molecular formula is C14H12N4O3S3. The molecule has 0 radical (unpaired) electrons. The molecule has 124 valence electrons. The number of carbonyl (C=O) groups is 1. The first kappa shape index (κ1) is 18.1. The summed E-state index contributed by atoms with van der Waals surface area (Å²) in [6.07, 6.45) is 4.36. The van der Waals surface area contributed by atoms with Gasteiger partial charge in [0.25, 0.3) is 11.1 Å². The summed E-state index contributed by atoms with van der Waals surface area (Å²) in [6, 6.07) is 9.17. The van der Waals surface area contributed by atoms with Gasteiger partial charge in [0.15, 0.2) is 0 Å². The van der Waals surface area contributed by atoms with Gasteiger partial charge in [-0.25, -0.2) is 8.42 Å². The van der Waals surface area contributed by atoms with Crippen LogP contribution in [0.3, 0.4) is 0 Å². The Bertz CT molecular complexity index is 925. The zero-order valence-corrected chi connectivity index (χ0v) is 15.1. The number of amides is 1. The van der Waals surface area contributed by atoms with E-state index < -0.39 is 15.7 Å². The number of nitrogens with zero attached hydrogens (tertiary/aromatic N) is 3. The van der Waals surface area contributed by atoms with E-state index in [9.17, 15) is 13.2 Å². The van der Waals surface area contributed by atoms with Gasteiger partial charge in [-0.2, -0.15) is 14.6 Å². The lowest BCUT2D eigenvalue weighted by Crippen LogP contribution is -2.13. The summed E-state index contributed by atoms with van der Waals surface area (Å²) in [5.41, 5.74) is 0.580. The smallest absolute Gasteiger partial charge is 0.268 e. The van der Waals surface area contributed by atoms with Gasteiger partial charge in [0.05, 0.1) is 0 Å². The molecule has 0 saturated carbocycles. The standard InChI is InChI=1S/C14H12N4O3S3/c1-22-11-5-3-9(4-6-11)7-10(8-15)12(19)16-13-17-14(18-23-13)24(2,20)21/h3-7H,1-2H3,(H,16,17,18,19)/b10-7-. The molecule has 0 bridgehead atoms. The Morgan fingerprint density at radius 3 is 2.54 bits per heavy atom. The van der Waals surface area contributed by atoms with Crippen LogP contribution in [0.4, 0.5) is 5.13 Å². The lowest BCUT2D eigenvalue weighted by Gasteiger charge is -2.01. The van der Waals surface area contributed by atoms with Gasteiger partial charge >= 0.3 is 0 Å². The topological polar surface area (TPSA) is 113 Å². The van der Waals surface area contributed by atoms with Crippen LogP contribution in [-0.4, -0.2) is 36.2 Å². The summed E-state index contributed by atoms with van der Waals surface area (Å²) >= 11 is 2.32. The fourth-order valence-electron chi connectivity index (χ4n) is 1.59. The van der Waals surface area contributed by atoms with Gasteiger partial charge in [0.1, 0.15) is 11.6 Å². The molecule has 0 aliphatic rings. The number of anilines is 1. The van der Waals surface area contributed by atoms with Crippen molar-refractivity contribution in [1.29, 1.82) is 5.26 Å². The highest BCUT2D eigenvalue weighted by Crippen LogP contribution is 2.18. The van der Waals surface area contributed by atoms with Crippen LogP contribution in [0.1, 0.15) is 5.56 Å². The lowest BCUT2D eigenvalue weighted by atomic mass is 10.1. The fourth-order valence-corrected chi connectivity index (χ4v) is 3.44. The molecule has 0 spiro atoms. The van der Waals surface area contributed by atoms with Gasteiger partial charge in [-0.3, -0.25) is 10.1 Å². The Morgan fingerprint density at radius 1 is 1.38 bits per heavy atom. The van der Waals surface area contributed by atoms with Gasteiger partial charge in [-0.1, -0.05) is 12.1 Å². The van der Waals surface area contributed by atoms with Crippen LogP contribution in [-0.2, 0) is 14.6 Å². The van der Waals surface area contributed by atoms with Crippen molar-refractivity contribution in [2.24, 2.45) is 0 Å². The minimum absolute atomic E-state index is 0.0132. The maximum Gasteiger partial charge on any atom is 0.268 e. The van der Waals surface area contributed by atoms with Crippen LogP contribution >= 0.6 is 23.3 Å². The second-order valence-corrected chi connectivity index (χ2v) is 8.09. The SMILES string of the molecule is CSc1ccc(/C=C(/C#N)C(=O)Nc2nc(S(C)(=O)=O)ns2)cc1. The molecular weight excluding hydrogens is 368 g/mol. The van der Waals surface area contributed by atoms with Gasteiger partial charge in [-0.05, 0) is 30.0 Å². The fraction of sp³-hybridized carbons (Fsp3) is 0.143. The summed E-state index contributed by atoms with van der Waals surface area (Å²) < 4.78 is 26.3. The molecule has 0 unspecified atom stereocenters. The largest absolute Gasteiger partial charge is 0.296 e. The van der Waals surface area contributed by atoms with Crippen molar-refractivity contribution in [3.8, 4) is 6.07 Å². The van der Waals surface area contributed by atoms with E-state index in [1.165, 1.54) is 6.08 Å². The van der Waals surface area contributed by atoms with Crippen LogP contribution in [0.25, 0.3) is 6.08 Å². The monoisotopic (exact) mass is 380 g/mol. The number of hydrogen-bond donors (Lipinski definition) is 1. The molecule has 1 aromatic heterocycles. The molecule has 1 amide bonds. The third kappa shape index (κ3) is 4.64. The molecule has 0 aliphatic carbocycles. The first-order chi connectivity index (χ1) is 11.3. The Balaban J connectivity index is 2.18. The molecule has 0 atom stereocenters. The van der Waals surface area contributed by atoms with Crippen molar-refractivity contribution < 1.29 is 13.2 Å². The third-order valence-corrected chi connectivity index (χ3v) is 5.09. The lowest BCUT2D eigenvalue weighted by molar-refractivity contribution is -0.112. The van der Waals surface area contributed by atoms with Gasteiger partial charge < -0.3 is 0 Å². The maximum absolute atomic E-state index is 12.1. The molecule has 0 aliphatic heterocycles. The molecule has 2 rings (SSSR count). The average Bonchev–Trinajstić information content (AvgIpc) is 3.01. The van der Waals surface area contributed by atoms with Gasteiger partial charge in [0, 0.05) is 22.7 Å². The number of carbonyl (C=O) groups excluding carboxylic acids is 1. The van der Waals surface area contributed by atoms with E-state index in [1.54, 1.807) is 23.9 Å². The van der Waals surface area contributed by atoms with Crippen molar-refractivity contribution in [3.63, 3.8) is 0 Å². The molecule has 24 heavy (non-hydrogen) atoms. The number of thioether (sulfide) groups is 1. The summed E-state index contributed by atoms with van der Waals surface area (Å²) in [6.45, 7) is 0. The van der Waals surface area contributed by atoms with Crippen LogP contribution in [0, 0.1) is 11.3 Å². The van der Waals surface area contributed by atoms with Crippen LogP contribution < -0.4 is 5.32 Å². The summed E-state index contributed by atoms with van der Waals surface area (Å²) in [4.78, 5) is 16.9. The van der Waals surface area contributed by atoms with E-state index >= 15 is 0 Å². The second kappa shape index (κ2) is 7.57. The normalized spacial score (nSPS) is 11.8. The molecule has 0 fully saturated rings. The number of rotatable bonds is 5. The molecule has 1 heterocycles. The zero-order valence-electron chi connectivity index (χ0n) is 12.7. The predicted molar refractivity (Wildman–Crippen MR) is 93.5 cm³/mol. The van der Waals surface area contributed by atoms with E-state index in [-0.39, 0.29) is 15.9 Å². The number of sulfone groups is 1. The van der Waals surface area contributed by atoms with Crippen molar-refractivity contribution in [1.82, 2.24) is 9.36 Å². The summed E-state index contributed by atoms with van der Waals surface area (Å²) in [7, 11) is -3.54. The van der Waals surface area contributed by atoms with E-state index in [0.717, 1.165) is 22.7 Å². The number of aromatic nitrogens is 2. The Labute approximate surface area is 147 Å². The minimum Gasteiger partial charge on any atom is -0.296 e. The quantitative estimate of drug-likeness (QED) is 0.480. The predicted octanol–water partition coefficient (Wildman–Crippen LogP) is 2.21. The number of nitrogens with one attached hydrogen (secondary N) is 1. The maximum atomic E-state index is 12.1. The molecule has 7 nitrogen and oxygen atoms in total. The highest BCUT2D eigenvalue weighted by Gasteiger charge is 2.17. The zero-order chi connectivity index (χ0) is 17.7. The molecule has 0 saturated heterocycles. The first-order valence-corrected chi connectivity index (χ1v) is 10.3. The van der Waals surface area contributed by atoms with Crippen molar-refractivity contribution in [2.75, 3.05) is 17.8 Å². The number of hydrogen-bond acceptors (Lipinski definition) is 8. The Morgan fingerprint density at radius 2 is 2.04 bits per heavy atom. The molecule has 2 aromatic rings. The van der Waals surface area contributed by atoms with Crippen LogP contribution in [0.2, 0.25) is 0 Å². The van der Waals surface area contributed by atoms with Crippen molar-refractivity contribution in [2.45, 2.75) is 10.1 Å². The molecule has 1 aromatic carbocycles. The van der Waals surface area contributed by atoms with E-state index in [0.29, 0.717) is 5.56 Å². The highest BCUT2D eigenvalue weighted by atomic mass is 32.2. The van der Waals surface area contributed by atoms with Crippen LogP contribution in [0.15, 0.2) is 39.9 Å². The van der Waals surface area contributed by atoms with Crippen LogP contribution in [0.5, 0.6) is 0 Å². The Hall–Kier alpha value is -2.22. The van der Waals surface area contributed by atoms with E-state index in [2.05, 4.69) is 14.7 Å². The minimum atomic E-state index is -3.54. The highest BCUT2D eigenvalue weighted by molar-refractivity contribution is 7.98. The number of nitriles is 1. The van der Waals surface area contributed by atoms with E-state index in [1.807, 2.05) is 24.5 Å². The second-order valence-electron chi connectivity index (χ2n) is 4.55. The van der Waals surface area contributed by atoms with Gasteiger partial charge in [-0.15, -0.1) is 11.8 Å². The summed E-state index contributed by atoms with van der Waals surface area (Å²) in [5.74, 6) is -0.678. The van der Waals surface area contributed by atoms with E-state index in [4.69, 9.17) is 5.26 Å². The average molecular weight is 380 g/mol. The van der Waals surface area contributed by atoms with Crippen molar-refractivity contribution in [3.05, 3.63) is 35.4 Å². The third-order valence-electron chi connectivity index (χ3n) is 2.75. The molecule has 10 heteroatoms. The number of benzene rings is 1.